The first-order valence-corrected chi connectivity index (χ1v) is 9.09. The van der Waals surface area contributed by atoms with Crippen LogP contribution in [0.25, 0.3) is 0 Å². The molecule has 130 valence electrons. The van der Waals surface area contributed by atoms with Crippen molar-refractivity contribution in [3.8, 4) is 5.75 Å². The van der Waals surface area contributed by atoms with Gasteiger partial charge in [0.05, 0.1) is 13.7 Å². The SMILES string of the molecule is COc1ccc(NCc2nnc(SCc3ccc(C)cc3)n2C)cc1. The molecule has 0 amide bonds. The summed E-state index contributed by atoms with van der Waals surface area (Å²) in [7, 11) is 3.67. The Morgan fingerprint density at radius 2 is 1.76 bits per heavy atom. The zero-order valence-corrected chi connectivity index (χ0v) is 15.5. The largest absolute Gasteiger partial charge is 0.497 e. The average molecular weight is 354 g/mol. The van der Waals surface area contributed by atoms with Crippen LogP contribution in [0.4, 0.5) is 5.69 Å². The van der Waals surface area contributed by atoms with E-state index in [2.05, 4.69) is 46.7 Å². The number of ether oxygens (including phenoxy) is 1. The van der Waals surface area contributed by atoms with Crippen LogP contribution >= 0.6 is 11.8 Å². The highest BCUT2D eigenvalue weighted by Gasteiger charge is 2.09. The van der Waals surface area contributed by atoms with Gasteiger partial charge in [-0.2, -0.15) is 0 Å². The zero-order valence-electron chi connectivity index (χ0n) is 14.7. The smallest absolute Gasteiger partial charge is 0.191 e. The molecule has 0 aliphatic heterocycles. The maximum atomic E-state index is 5.17. The minimum atomic E-state index is 0.626. The van der Waals surface area contributed by atoms with Gasteiger partial charge in [0, 0.05) is 18.5 Å². The molecule has 0 aliphatic carbocycles. The van der Waals surface area contributed by atoms with Crippen molar-refractivity contribution < 1.29 is 4.74 Å². The van der Waals surface area contributed by atoms with Gasteiger partial charge < -0.3 is 14.6 Å². The molecule has 2 aromatic carbocycles. The van der Waals surface area contributed by atoms with Gasteiger partial charge in [0.25, 0.3) is 0 Å². The van der Waals surface area contributed by atoms with Crippen LogP contribution in [0.15, 0.2) is 53.7 Å². The third kappa shape index (κ3) is 4.54. The maximum Gasteiger partial charge on any atom is 0.191 e. The van der Waals surface area contributed by atoms with Crippen LogP contribution < -0.4 is 10.1 Å². The summed E-state index contributed by atoms with van der Waals surface area (Å²) in [5, 5.41) is 12.9. The molecule has 25 heavy (non-hydrogen) atoms. The molecule has 0 saturated carbocycles. The molecule has 0 spiro atoms. The summed E-state index contributed by atoms with van der Waals surface area (Å²) >= 11 is 1.70. The number of aryl methyl sites for hydroxylation is 1. The Kier molecular flexibility index (Phi) is 5.60. The van der Waals surface area contributed by atoms with E-state index >= 15 is 0 Å². The number of hydrogen-bond acceptors (Lipinski definition) is 5. The topological polar surface area (TPSA) is 52.0 Å². The van der Waals surface area contributed by atoms with Gasteiger partial charge in [0.1, 0.15) is 5.75 Å². The predicted octanol–water partition coefficient (Wildman–Crippen LogP) is 4.04. The highest BCUT2D eigenvalue weighted by atomic mass is 32.2. The molecule has 3 aromatic rings. The molecule has 5 nitrogen and oxygen atoms in total. The summed E-state index contributed by atoms with van der Waals surface area (Å²) < 4.78 is 7.20. The van der Waals surface area contributed by atoms with Gasteiger partial charge in [0.15, 0.2) is 11.0 Å². The lowest BCUT2D eigenvalue weighted by molar-refractivity contribution is 0.415. The van der Waals surface area contributed by atoms with E-state index in [1.54, 1.807) is 18.9 Å². The van der Waals surface area contributed by atoms with Crippen molar-refractivity contribution in [3.05, 3.63) is 65.5 Å². The number of aromatic nitrogens is 3. The summed E-state index contributed by atoms with van der Waals surface area (Å²) in [5.41, 5.74) is 3.59. The molecule has 6 heteroatoms. The van der Waals surface area contributed by atoms with Crippen LogP contribution in [-0.4, -0.2) is 21.9 Å². The summed E-state index contributed by atoms with van der Waals surface area (Å²) in [5.74, 6) is 2.64. The third-order valence-corrected chi connectivity index (χ3v) is 5.05. The first kappa shape index (κ1) is 17.4. The summed E-state index contributed by atoms with van der Waals surface area (Å²) in [6.07, 6.45) is 0. The Morgan fingerprint density at radius 1 is 1.04 bits per heavy atom. The number of anilines is 1. The summed E-state index contributed by atoms with van der Waals surface area (Å²) in [4.78, 5) is 0. The molecule has 1 aromatic heterocycles. The van der Waals surface area contributed by atoms with Crippen LogP contribution in [-0.2, 0) is 19.3 Å². The van der Waals surface area contributed by atoms with Gasteiger partial charge in [-0.15, -0.1) is 10.2 Å². The predicted molar refractivity (Wildman–Crippen MR) is 102 cm³/mol. The standard InChI is InChI=1S/C19H22N4OS/c1-14-4-6-15(7-5-14)13-25-19-22-21-18(23(19)2)12-20-16-8-10-17(24-3)11-9-16/h4-11,20H,12-13H2,1-3H3. The van der Waals surface area contributed by atoms with Crippen molar-refractivity contribution in [3.63, 3.8) is 0 Å². The number of hydrogen-bond donors (Lipinski definition) is 1. The fourth-order valence-electron chi connectivity index (χ4n) is 2.35. The van der Waals surface area contributed by atoms with E-state index in [4.69, 9.17) is 4.74 Å². The third-order valence-electron chi connectivity index (χ3n) is 3.95. The van der Waals surface area contributed by atoms with Crippen LogP contribution in [0.5, 0.6) is 5.75 Å². The lowest BCUT2D eigenvalue weighted by atomic mass is 10.2. The number of thioether (sulfide) groups is 1. The van der Waals surface area contributed by atoms with E-state index in [0.717, 1.165) is 28.2 Å². The Balaban J connectivity index is 1.57. The molecule has 1 N–H and O–H groups in total. The van der Waals surface area contributed by atoms with Crippen molar-refractivity contribution in [2.24, 2.45) is 7.05 Å². The molecule has 0 radical (unpaired) electrons. The van der Waals surface area contributed by atoms with Crippen LogP contribution in [0, 0.1) is 6.92 Å². The normalized spacial score (nSPS) is 10.7. The lowest BCUT2D eigenvalue weighted by Gasteiger charge is -2.08. The number of rotatable bonds is 7. The van der Waals surface area contributed by atoms with Crippen LogP contribution in [0.3, 0.4) is 0 Å². The number of methoxy groups -OCH3 is 1. The first-order valence-electron chi connectivity index (χ1n) is 8.10. The molecule has 0 unspecified atom stereocenters. The lowest BCUT2D eigenvalue weighted by Crippen LogP contribution is -2.06. The minimum absolute atomic E-state index is 0.626. The number of nitrogens with one attached hydrogen (secondary N) is 1. The second kappa shape index (κ2) is 8.07. The molecule has 0 atom stereocenters. The van der Waals surface area contributed by atoms with E-state index in [1.807, 2.05) is 35.9 Å². The highest BCUT2D eigenvalue weighted by Crippen LogP contribution is 2.22. The van der Waals surface area contributed by atoms with Gasteiger partial charge in [-0.1, -0.05) is 41.6 Å². The first-order chi connectivity index (χ1) is 12.2. The van der Waals surface area contributed by atoms with Crippen molar-refractivity contribution in [2.45, 2.75) is 24.4 Å². The Labute approximate surface area is 152 Å². The highest BCUT2D eigenvalue weighted by molar-refractivity contribution is 7.98. The number of nitrogens with zero attached hydrogens (tertiary/aromatic N) is 3. The second-order valence-corrected chi connectivity index (χ2v) is 6.76. The summed E-state index contributed by atoms with van der Waals surface area (Å²) in [6.45, 7) is 2.72. The summed E-state index contributed by atoms with van der Waals surface area (Å²) in [6, 6.07) is 16.4. The maximum absolute atomic E-state index is 5.17. The monoisotopic (exact) mass is 354 g/mol. The van der Waals surface area contributed by atoms with E-state index < -0.39 is 0 Å². The van der Waals surface area contributed by atoms with Gasteiger partial charge >= 0.3 is 0 Å². The van der Waals surface area contributed by atoms with E-state index in [0.29, 0.717) is 6.54 Å². The Morgan fingerprint density at radius 3 is 2.44 bits per heavy atom. The molecule has 1 heterocycles. The van der Waals surface area contributed by atoms with Crippen LogP contribution in [0.1, 0.15) is 17.0 Å². The van der Waals surface area contributed by atoms with Crippen molar-refractivity contribution in [2.75, 3.05) is 12.4 Å². The Hall–Kier alpha value is -2.47. The van der Waals surface area contributed by atoms with E-state index in [1.165, 1.54) is 11.1 Å². The average Bonchev–Trinajstić information content (AvgIpc) is 3.00. The van der Waals surface area contributed by atoms with Crippen molar-refractivity contribution in [1.29, 1.82) is 0 Å². The molecular formula is C19H22N4OS. The van der Waals surface area contributed by atoms with Gasteiger partial charge in [-0.25, -0.2) is 0 Å². The zero-order chi connectivity index (χ0) is 17.6. The Bertz CT molecular complexity index is 812. The molecule has 3 rings (SSSR count). The minimum Gasteiger partial charge on any atom is -0.497 e. The second-order valence-electron chi connectivity index (χ2n) is 5.81. The molecular weight excluding hydrogens is 332 g/mol. The molecule has 0 fully saturated rings. The molecule has 0 aliphatic rings. The van der Waals surface area contributed by atoms with Crippen molar-refractivity contribution in [1.82, 2.24) is 14.8 Å². The quantitative estimate of drug-likeness (QED) is 0.649. The number of benzene rings is 2. The van der Waals surface area contributed by atoms with Gasteiger partial charge in [-0.05, 0) is 36.8 Å². The fraction of sp³-hybridized carbons (Fsp3) is 0.263. The van der Waals surface area contributed by atoms with E-state index in [-0.39, 0.29) is 0 Å². The molecule has 0 saturated heterocycles. The van der Waals surface area contributed by atoms with Crippen molar-refractivity contribution >= 4 is 17.4 Å². The molecule has 0 bridgehead atoms. The van der Waals surface area contributed by atoms with Crippen LogP contribution in [0.2, 0.25) is 0 Å². The fourth-order valence-corrected chi connectivity index (χ4v) is 3.23. The van der Waals surface area contributed by atoms with E-state index in [9.17, 15) is 0 Å². The van der Waals surface area contributed by atoms with Gasteiger partial charge in [0.2, 0.25) is 0 Å². The van der Waals surface area contributed by atoms with Gasteiger partial charge in [-0.3, -0.25) is 0 Å².